The third-order valence-corrected chi connectivity index (χ3v) is 3.10. The first kappa shape index (κ1) is 15.1. The van der Waals surface area contributed by atoms with E-state index in [-0.39, 0.29) is 11.3 Å². The minimum absolute atomic E-state index is 0.235. The Morgan fingerprint density at radius 1 is 0.952 bits per heavy atom. The van der Waals surface area contributed by atoms with E-state index >= 15 is 0 Å². The molecule has 0 aliphatic heterocycles. The van der Waals surface area contributed by atoms with Crippen molar-refractivity contribution < 1.29 is 18.0 Å². The molecule has 0 saturated carbocycles. The second-order valence-electron chi connectivity index (χ2n) is 4.85. The van der Waals surface area contributed by atoms with Crippen molar-refractivity contribution in [2.45, 2.75) is 6.18 Å². The van der Waals surface area contributed by atoms with Crippen molar-refractivity contribution in [3.8, 4) is 0 Å². The van der Waals surface area contributed by atoms with Gasteiger partial charge in [-0.25, -0.2) is 0 Å². The monoisotopic (exact) mass is 293 g/mol. The summed E-state index contributed by atoms with van der Waals surface area (Å²) in [6.45, 7) is 0. The number of halogens is 3. The molecule has 2 rings (SSSR count). The van der Waals surface area contributed by atoms with Gasteiger partial charge in [0.1, 0.15) is 0 Å². The van der Waals surface area contributed by atoms with Crippen LogP contribution in [0.5, 0.6) is 0 Å². The van der Waals surface area contributed by atoms with E-state index in [1.54, 1.807) is 18.2 Å². The molecule has 0 fully saturated rings. The zero-order chi connectivity index (χ0) is 15.6. The predicted molar refractivity (Wildman–Crippen MR) is 75.6 cm³/mol. The van der Waals surface area contributed by atoms with Crippen molar-refractivity contribution in [1.82, 2.24) is 0 Å². The van der Waals surface area contributed by atoms with Gasteiger partial charge in [0.25, 0.3) is 0 Å². The lowest BCUT2D eigenvalue weighted by atomic mass is 10.0. The Morgan fingerprint density at radius 3 is 2.10 bits per heavy atom. The highest BCUT2D eigenvalue weighted by atomic mass is 19.4. The summed E-state index contributed by atoms with van der Waals surface area (Å²) in [7, 11) is 3.70. The summed E-state index contributed by atoms with van der Waals surface area (Å²) < 4.78 is 37.5. The largest absolute Gasteiger partial charge is 0.416 e. The minimum atomic E-state index is -4.40. The zero-order valence-electron chi connectivity index (χ0n) is 11.6. The number of ketones is 1. The van der Waals surface area contributed by atoms with Crippen LogP contribution in [0.2, 0.25) is 0 Å². The molecule has 0 unspecified atom stereocenters. The molecule has 0 N–H and O–H groups in total. The van der Waals surface area contributed by atoms with Crippen LogP contribution < -0.4 is 4.90 Å². The number of nitrogens with zero attached hydrogens (tertiary/aromatic N) is 1. The van der Waals surface area contributed by atoms with Gasteiger partial charge in [0, 0.05) is 30.9 Å². The van der Waals surface area contributed by atoms with Crippen molar-refractivity contribution in [2.75, 3.05) is 19.0 Å². The number of rotatable bonds is 3. The SMILES string of the molecule is CN(C)c1cccc(C(=O)c2ccc(C(F)(F)F)cc2)c1. The highest BCUT2D eigenvalue weighted by Gasteiger charge is 2.30. The van der Waals surface area contributed by atoms with Gasteiger partial charge in [0.15, 0.2) is 5.78 Å². The van der Waals surface area contributed by atoms with Crippen LogP contribution in [0, 0.1) is 0 Å². The summed E-state index contributed by atoms with van der Waals surface area (Å²) in [4.78, 5) is 14.1. The maximum atomic E-state index is 12.5. The maximum Gasteiger partial charge on any atom is 0.416 e. The summed E-state index contributed by atoms with van der Waals surface area (Å²) >= 11 is 0. The maximum absolute atomic E-state index is 12.5. The summed E-state index contributed by atoms with van der Waals surface area (Å²) in [5, 5.41) is 0. The fourth-order valence-corrected chi connectivity index (χ4v) is 1.90. The molecule has 0 atom stereocenters. The van der Waals surface area contributed by atoms with Gasteiger partial charge in [0.2, 0.25) is 0 Å². The molecule has 0 amide bonds. The standard InChI is InChI=1S/C16H14F3NO/c1-20(2)14-5-3-4-12(10-14)15(21)11-6-8-13(9-7-11)16(17,18)19/h3-10H,1-2H3. The van der Waals surface area contributed by atoms with Gasteiger partial charge < -0.3 is 4.90 Å². The molecule has 0 aliphatic carbocycles. The number of carbonyl (C=O) groups excluding carboxylic acids is 1. The van der Waals surface area contributed by atoms with E-state index < -0.39 is 11.7 Å². The summed E-state index contributed by atoms with van der Waals surface area (Å²) in [6.07, 6.45) is -4.40. The second-order valence-corrected chi connectivity index (χ2v) is 4.85. The van der Waals surface area contributed by atoms with Crippen LogP contribution in [0.4, 0.5) is 18.9 Å². The van der Waals surface area contributed by atoms with Gasteiger partial charge in [-0.15, -0.1) is 0 Å². The van der Waals surface area contributed by atoms with Crippen molar-refractivity contribution in [2.24, 2.45) is 0 Å². The van der Waals surface area contributed by atoms with Gasteiger partial charge in [-0.1, -0.05) is 24.3 Å². The molecule has 0 saturated heterocycles. The van der Waals surface area contributed by atoms with Gasteiger partial charge in [-0.2, -0.15) is 13.2 Å². The lowest BCUT2D eigenvalue weighted by molar-refractivity contribution is -0.137. The Balaban J connectivity index is 2.30. The number of hydrogen-bond acceptors (Lipinski definition) is 2. The van der Waals surface area contributed by atoms with Crippen LogP contribution in [0.1, 0.15) is 21.5 Å². The lowest BCUT2D eigenvalue weighted by Crippen LogP contribution is -2.10. The van der Waals surface area contributed by atoms with Crippen LogP contribution in [-0.4, -0.2) is 19.9 Å². The second kappa shape index (κ2) is 5.60. The topological polar surface area (TPSA) is 20.3 Å². The first-order chi connectivity index (χ1) is 9.79. The van der Waals surface area contributed by atoms with Gasteiger partial charge in [0.05, 0.1) is 5.56 Å². The van der Waals surface area contributed by atoms with Crippen molar-refractivity contribution in [3.63, 3.8) is 0 Å². The van der Waals surface area contributed by atoms with Crippen LogP contribution in [-0.2, 0) is 6.18 Å². The van der Waals surface area contributed by atoms with E-state index in [1.807, 2.05) is 25.1 Å². The third-order valence-electron chi connectivity index (χ3n) is 3.10. The van der Waals surface area contributed by atoms with E-state index in [1.165, 1.54) is 12.1 Å². The fraction of sp³-hybridized carbons (Fsp3) is 0.188. The first-order valence-electron chi connectivity index (χ1n) is 6.28. The van der Waals surface area contributed by atoms with Crippen LogP contribution in [0.3, 0.4) is 0 Å². The number of benzene rings is 2. The Bertz CT molecular complexity index is 645. The van der Waals surface area contributed by atoms with E-state index in [9.17, 15) is 18.0 Å². The van der Waals surface area contributed by atoms with Crippen molar-refractivity contribution in [3.05, 3.63) is 65.2 Å². The average Bonchev–Trinajstić information content (AvgIpc) is 2.46. The van der Waals surface area contributed by atoms with Crippen molar-refractivity contribution >= 4 is 11.5 Å². The molecule has 5 heteroatoms. The van der Waals surface area contributed by atoms with Crippen LogP contribution >= 0.6 is 0 Å². The molecule has 0 radical (unpaired) electrons. The Morgan fingerprint density at radius 2 is 1.57 bits per heavy atom. The number of alkyl halides is 3. The fourth-order valence-electron chi connectivity index (χ4n) is 1.90. The molecule has 0 aromatic heterocycles. The Labute approximate surface area is 120 Å². The highest BCUT2D eigenvalue weighted by molar-refractivity contribution is 6.09. The molecular formula is C16H14F3NO. The van der Waals surface area contributed by atoms with Crippen molar-refractivity contribution in [1.29, 1.82) is 0 Å². The quantitative estimate of drug-likeness (QED) is 0.797. The molecule has 0 spiro atoms. The molecule has 0 bridgehead atoms. The molecule has 2 aromatic carbocycles. The minimum Gasteiger partial charge on any atom is -0.378 e. The predicted octanol–water partition coefficient (Wildman–Crippen LogP) is 4.00. The van der Waals surface area contributed by atoms with Gasteiger partial charge >= 0.3 is 6.18 Å². The van der Waals surface area contributed by atoms with E-state index in [0.717, 1.165) is 17.8 Å². The number of anilines is 1. The van der Waals surface area contributed by atoms with Gasteiger partial charge in [-0.05, 0) is 24.3 Å². The Kier molecular flexibility index (Phi) is 4.02. The summed E-state index contributed by atoms with van der Waals surface area (Å²) in [5.41, 5.74) is 0.772. The van der Waals surface area contributed by atoms with E-state index in [2.05, 4.69) is 0 Å². The normalized spacial score (nSPS) is 11.3. The lowest BCUT2D eigenvalue weighted by Gasteiger charge is -2.13. The molecule has 0 aliphatic rings. The molecule has 2 aromatic rings. The average molecular weight is 293 g/mol. The van der Waals surface area contributed by atoms with Crippen LogP contribution in [0.15, 0.2) is 48.5 Å². The van der Waals surface area contributed by atoms with E-state index in [0.29, 0.717) is 5.56 Å². The number of hydrogen-bond donors (Lipinski definition) is 0. The number of carbonyl (C=O) groups is 1. The first-order valence-corrected chi connectivity index (χ1v) is 6.28. The Hall–Kier alpha value is -2.30. The smallest absolute Gasteiger partial charge is 0.378 e. The molecule has 0 heterocycles. The molecular weight excluding hydrogens is 279 g/mol. The molecule has 2 nitrogen and oxygen atoms in total. The van der Waals surface area contributed by atoms with E-state index in [4.69, 9.17) is 0 Å². The molecule has 21 heavy (non-hydrogen) atoms. The summed E-state index contributed by atoms with van der Waals surface area (Å²) in [6, 6.07) is 11.2. The zero-order valence-corrected chi connectivity index (χ0v) is 11.6. The van der Waals surface area contributed by atoms with Crippen LogP contribution in [0.25, 0.3) is 0 Å². The summed E-state index contributed by atoms with van der Waals surface area (Å²) in [5.74, 6) is -0.299. The van der Waals surface area contributed by atoms with Gasteiger partial charge in [-0.3, -0.25) is 4.79 Å². The third kappa shape index (κ3) is 3.42. The highest BCUT2D eigenvalue weighted by Crippen LogP contribution is 2.29. The molecule has 110 valence electrons.